The average molecular weight is 337 g/mol. The highest BCUT2D eigenvalue weighted by molar-refractivity contribution is 6.31. The summed E-state index contributed by atoms with van der Waals surface area (Å²) in [6, 6.07) is 5.07. The van der Waals surface area contributed by atoms with Crippen molar-refractivity contribution in [3.8, 4) is 0 Å². The normalized spacial score (nSPS) is 24.6. The smallest absolute Gasteiger partial charge is 0.255 e. The van der Waals surface area contributed by atoms with E-state index in [2.05, 4.69) is 0 Å². The molecule has 0 saturated carbocycles. The zero-order valence-corrected chi connectivity index (χ0v) is 14.0. The van der Waals surface area contributed by atoms with E-state index in [1.54, 1.807) is 28.0 Å². The number of hydrogen-bond donors (Lipinski definition) is 1. The van der Waals surface area contributed by atoms with E-state index in [1.807, 2.05) is 6.92 Å². The van der Waals surface area contributed by atoms with Crippen LogP contribution in [-0.4, -0.2) is 48.1 Å². The number of benzene rings is 1. The Morgan fingerprint density at radius 2 is 2.17 bits per heavy atom. The van der Waals surface area contributed by atoms with Gasteiger partial charge in [-0.15, -0.1) is 0 Å². The van der Waals surface area contributed by atoms with Gasteiger partial charge in [-0.1, -0.05) is 18.5 Å². The van der Waals surface area contributed by atoms with Gasteiger partial charge in [-0.3, -0.25) is 9.59 Å². The van der Waals surface area contributed by atoms with Gasteiger partial charge in [-0.2, -0.15) is 0 Å². The lowest BCUT2D eigenvalue weighted by Crippen LogP contribution is -2.34. The third kappa shape index (κ3) is 3.08. The van der Waals surface area contributed by atoms with Gasteiger partial charge in [0.15, 0.2) is 0 Å². The number of aliphatic hydroxyl groups excluding tert-OH is 1. The van der Waals surface area contributed by atoms with Gasteiger partial charge in [0, 0.05) is 36.5 Å². The molecular formula is C17H21ClN2O3. The van der Waals surface area contributed by atoms with Crippen LogP contribution < -0.4 is 4.90 Å². The molecule has 124 valence electrons. The Bertz CT molecular complexity index is 649. The van der Waals surface area contributed by atoms with Crippen LogP contribution >= 0.6 is 11.6 Å². The maximum atomic E-state index is 12.9. The van der Waals surface area contributed by atoms with Gasteiger partial charge in [0.2, 0.25) is 5.91 Å². The molecule has 1 aromatic carbocycles. The Morgan fingerprint density at radius 1 is 1.39 bits per heavy atom. The van der Waals surface area contributed by atoms with Crippen molar-refractivity contribution >= 4 is 29.1 Å². The van der Waals surface area contributed by atoms with Gasteiger partial charge in [-0.05, 0) is 31.0 Å². The van der Waals surface area contributed by atoms with Gasteiger partial charge in [0.05, 0.1) is 17.9 Å². The molecule has 2 amide bonds. The predicted molar refractivity (Wildman–Crippen MR) is 88.8 cm³/mol. The lowest BCUT2D eigenvalue weighted by molar-refractivity contribution is -0.117. The van der Waals surface area contributed by atoms with Crippen molar-refractivity contribution in [2.45, 2.75) is 26.2 Å². The number of carbonyl (C=O) groups is 2. The minimum Gasteiger partial charge on any atom is -0.396 e. The fourth-order valence-corrected chi connectivity index (χ4v) is 3.47. The molecule has 2 fully saturated rings. The fourth-order valence-electron chi connectivity index (χ4n) is 3.31. The number of hydrogen-bond acceptors (Lipinski definition) is 3. The first-order valence-electron chi connectivity index (χ1n) is 7.94. The molecule has 2 aliphatic rings. The first-order valence-corrected chi connectivity index (χ1v) is 8.31. The maximum Gasteiger partial charge on any atom is 0.255 e. The van der Waals surface area contributed by atoms with E-state index < -0.39 is 0 Å². The second-order valence-electron chi connectivity index (χ2n) is 6.76. The summed E-state index contributed by atoms with van der Waals surface area (Å²) in [6.07, 6.45) is 2.08. The SMILES string of the molecule is CC1(CO)CCN(C(=O)c2ccc(Cl)cc2N2CCCC2=O)C1. The third-order valence-corrected chi connectivity index (χ3v) is 5.02. The van der Waals surface area contributed by atoms with Crippen molar-refractivity contribution in [1.82, 2.24) is 4.90 Å². The summed E-state index contributed by atoms with van der Waals surface area (Å²) in [6.45, 7) is 3.81. The number of amides is 2. The highest BCUT2D eigenvalue weighted by Crippen LogP contribution is 2.33. The number of halogens is 1. The predicted octanol–water partition coefficient (Wildman–Crippen LogP) is 2.31. The first-order chi connectivity index (χ1) is 10.9. The van der Waals surface area contributed by atoms with E-state index in [0.717, 1.165) is 12.8 Å². The molecule has 0 aromatic heterocycles. The average Bonchev–Trinajstić information content (AvgIpc) is 3.13. The molecule has 0 aliphatic carbocycles. The monoisotopic (exact) mass is 336 g/mol. The number of nitrogens with zero attached hydrogens (tertiary/aromatic N) is 2. The Labute approximate surface area is 140 Å². The molecule has 3 rings (SSSR count). The van der Waals surface area contributed by atoms with Crippen LogP contribution in [-0.2, 0) is 4.79 Å². The van der Waals surface area contributed by atoms with Crippen molar-refractivity contribution in [2.75, 3.05) is 31.1 Å². The van der Waals surface area contributed by atoms with Crippen molar-refractivity contribution in [1.29, 1.82) is 0 Å². The number of carbonyl (C=O) groups excluding carboxylic acids is 2. The molecule has 1 unspecified atom stereocenters. The molecule has 2 aliphatic heterocycles. The van der Waals surface area contributed by atoms with Crippen molar-refractivity contribution in [3.05, 3.63) is 28.8 Å². The molecule has 5 nitrogen and oxygen atoms in total. The number of likely N-dealkylation sites (tertiary alicyclic amines) is 1. The highest BCUT2D eigenvalue weighted by Gasteiger charge is 2.37. The van der Waals surface area contributed by atoms with E-state index in [1.165, 1.54) is 0 Å². The van der Waals surface area contributed by atoms with E-state index in [0.29, 0.717) is 42.3 Å². The second-order valence-corrected chi connectivity index (χ2v) is 7.19. The number of anilines is 1. The van der Waals surface area contributed by atoms with Gasteiger partial charge in [0.1, 0.15) is 0 Å². The Balaban J connectivity index is 1.91. The summed E-state index contributed by atoms with van der Waals surface area (Å²) >= 11 is 6.08. The van der Waals surface area contributed by atoms with Crippen LogP contribution in [0.25, 0.3) is 0 Å². The lowest BCUT2D eigenvalue weighted by atomic mass is 9.91. The zero-order valence-electron chi connectivity index (χ0n) is 13.2. The fraction of sp³-hybridized carbons (Fsp3) is 0.529. The standard InChI is InChI=1S/C17H21ClN2O3/c1-17(11-21)6-8-19(10-17)16(23)13-5-4-12(18)9-14(13)20-7-2-3-15(20)22/h4-5,9,21H,2-3,6-8,10-11H2,1H3. The van der Waals surface area contributed by atoms with Crippen LogP contribution in [0.4, 0.5) is 5.69 Å². The van der Waals surface area contributed by atoms with Crippen LogP contribution in [0.1, 0.15) is 36.5 Å². The molecule has 1 N–H and O–H groups in total. The Kier molecular flexibility index (Phi) is 4.34. The molecule has 1 atom stereocenters. The zero-order chi connectivity index (χ0) is 16.6. The summed E-state index contributed by atoms with van der Waals surface area (Å²) in [4.78, 5) is 28.4. The van der Waals surface area contributed by atoms with Gasteiger partial charge in [0.25, 0.3) is 5.91 Å². The van der Waals surface area contributed by atoms with Crippen LogP contribution in [0.5, 0.6) is 0 Å². The third-order valence-electron chi connectivity index (χ3n) is 4.78. The van der Waals surface area contributed by atoms with Crippen molar-refractivity contribution < 1.29 is 14.7 Å². The molecule has 0 bridgehead atoms. The summed E-state index contributed by atoms with van der Waals surface area (Å²) in [7, 11) is 0. The molecule has 23 heavy (non-hydrogen) atoms. The van der Waals surface area contributed by atoms with Gasteiger partial charge >= 0.3 is 0 Å². The summed E-state index contributed by atoms with van der Waals surface area (Å²) < 4.78 is 0. The molecule has 6 heteroatoms. The van der Waals surface area contributed by atoms with Crippen molar-refractivity contribution in [2.24, 2.45) is 5.41 Å². The van der Waals surface area contributed by atoms with Gasteiger partial charge < -0.3 is 14.9 Å². The van der Waals surface area contributed by atoms with Crippen LogP contribution in [0.2, 0.25) is 5.02 Å². The van der Waals surface area contributed by atoms with E-state index in [4.69, 9.17) is 11.6 Å². The Hall–Kier alpha value is -1.59. The molecular weight excluding hydrogens is 316 g/mol. The summed E-state index contributed by atoms with van der Waals surface area (Å²) in [5, 5.41) is 10.00. The quantitative estimate of drug-likeness (QED) is 0.921. The van der Waals surface area contributed by atoms with Crippen LogP contribution in [0.15, 0.2) is 18.2 Å². The van der Waals surface area contributed by atoms with E-state index >= 15 is 0 Å². The molecule has 2 heterocycles. The Morgan fingerprint density at radius 3 is 2.78 bits per heavy atom. The van der Waals surface area contributed by atoms with E-state index in [9.17, 15) is 14.7 Å². The maximum absolute atomic E-state index is 12.9. The molecule has 0 spiro atoms. The summed E-state index contributed by atoms with van der Waals surface area (Å²) in [5.41, 5.74) is 0.862. The first kappa shape index (κ1) is 16.3. The topological polar surface area (TPSA) is 60.9 Å². The van der Waals surface area contributed by atoms with Gasteiger partial charge in [-0.25, -0.2) is 0 Å². The number of rotatable bonds is 3. The number of aliphatic hydroxyl groups is 1. The molecule has 1 aromatic rings. The second kappa shape index (κ2) is 6.13. The highest BCUT2D eigenvalue weighted by atomic mass is 35.5. The van der Waals surface area contributed by atoms with Crippen LogP contribution in [0, 0.1) is 5.41 Å². The van der Waals surface area contributed by atoms with Crippen LogP contribution in [0.3, 0.4) is 0 Å². The minimum absolute atomic E-state index is 0.0305. The lowest BCUT2D eigenvalue weighted by Gasteiger charge is -2.25. The molecule has 0 radical (unpaired) electrons. The molecule has 2 saturated heterocycles. The van der Waals surface area contributed by atoms with Crippen molar-refractivity contribution in [3.63, 3.8) is 0 Å². The van der Waals surface area contributed by atoms with E-state index in [-0.39, 0.29) is 23.8 Å². The minimum atomic E-state index is -0.244. The summed E-state index contributed by atoms with van der Waals surface area (Å²) in [5.74, 6) is -0.0727. The largest absolute Gasteiger partial charge is 0.396 e.